The lowest BCUT2D eigenvalue weighted by Crippen LogP contribution is -2.57. The number of aliphatic hydroxyl groups is 3. The lowest BCUT2D eigenvalue weighted by Gasteiger charge is -2.58. The molecular formula is C32H44O8. The number of hydrogen-bond donors (Lipinski definition) is 3. The SMILES string of the molecule is CC1=C(CO[C@@H]2OC[C@H](O)C[C@@H]2O)C(=O)OC(CC2CCC3C4CC=C5CC=CC(=O)[C@]5(C)C4C[C@@H](O)[C@]23C)C1. The molecule has 220 valence electrons. The molecule has 11 atom stereocenters. The van der Waals surface area contributed by atoms with E-state index < -0.39 is 36.0 Å². The van der Waals surface area contributed by atoms with Crippen LogP contribution in [0.3, 0.4) is 0 Å². The van der Waals surface area contributed by atoms with E-state index in [1.54, 1.807) is 6.08 Å². The maximum atomic E-state index is 13.2. The second-order valence-corrected chi connectivity index (χ2v) is 13.6. The Morgan fingerprint density at radius 1 is 1.10 bits per heavy atom. The third-order valence-electron chi connectivity index (χ3n) is 11.7. The summed E-state index contributed by atoms with van der Waals surface area (Å²) in [7, 11) is 0. The second-order valence-electron chi connectivity index (χ2n) is 13.6. The summed E-state index contributed by atoms with van der Waals surface area (Å²) >= 11 is 0. The average Bonchev–Trinajstić information content (AvgIpc) is 3.23. The highest BCUT2D eigenvalue weighted by Gasteiger charge is 2.63. The molecule has 0 spiro atoms. The predicted octanol–water partition coefficient (Wildman–Crippen LogP) is 3.39. The molecule has 3 fully saturated rings. The quantitative estimate of drug-likeness (QED) is 0.348. The fourth-order valence-corrected chi connectivity index (χ4v) is 9.28. The lowest BCUT2D eigenvalue weighted by molar-refractivity contribution is -0.232. The maximum Gasteiger partial charge on any atom is 0.336 e. The molecule has 2 saturated carbocycles. The van der Waals surface area contributed by atoms with Crippen LogP contribution in [0, 0.1) is 34.5 Å². The monoisotopic (exact) mass is 556 g/mol. The van der Waals surface area contributed by atoms with Crippen LogP contribution in [0.1, 0.15) is 72.1 Å². The van der Waals surface area contributed by atoms with Crippen molar-refractivity contribution in [3.8, 4) is 0 Å². The Hall–Kier alpha value is -1.84. The Balaban J connectivity index is 1.13. The van der Waals surface area contributed by atoms with E-state index in [4.69, 9.17) is 14.2 Å². The predicted molar refractivity (Wildman–Crippen MR) is 146 cm³/mol. The van der Waals surface area contributed by atoms with Crippen LogP contribution in [-0.4, -0.2) is 71.0 Å². The molecular weight excluding hydrogens is 512 g/mol. The molecule has 0 aromatic carbocycles. The molecule has 1 saturated heterocycles. The molecule has 0 bridgehead atoms. The van der Waals surface area contributed by atoms with Gasteiger partial charge in [-0.25, -0.2) is 4.79 Å². The van der Waals surface area contributed by atoms with Gasteiger partial charge in [-0.15, -0.1) is 0 Å². The second kappa shape index (κ2) is 10.5. The molecule has 3 N–H and O–H groups in total. The van der Waals surface area contributed by atoms with Gasteiger partial charge in [0.05, 0.1) is 36.4 Å². The van der Waals surface area contributed by atoms with Crippen LogP contribution < -0.4 is 0 Å². The number of ketones is 1. The summed E-state index contributed by atoms with van der Waals surface area (Å²) in [4.78, 5) is 26.2. The van der Waals surface area contributed by atoms with E-state index in [1.807, 2.05) is 13.0 Å². The summed E-state index contributed by atoms with van der Waals surface area (Å²) in [5.74, 6) is 0.884. The van der Waals surface area contributed by atoms with Crippen molar-refractivity contribution in [3.63, 3.8) is 0 Å². The number of fused-ring (bicyclic) bond motifs is 5. The minimum atomic E-state index is -0.948. The van der Waals surface area contributed by atoms with E-state index in [9.17, 15) is 24.9 Å². The fourth-order valence-electron chi connectivity index (χ4n) is 9.28. The lowest BCUT2D eigenvalue weighted by atomic mass is 9.47. The number of carbonyl (C=O) groups excluding carboxylic acids is 2. The molecule has 2 aliphatic heterocycles. The Morgan fingerprint density at radius 2 is 1.90 bits per heavy atom. The van der Waals surface area contributed by atoms with Crippen molar-refractivity contribution in [2.24, 2.45) is 34.5 Å². The van der Waals surface area contributed by atoms with Crippen molar-refractivity contribution in [3.05, 3.63) is 34.9 Å². The highest BCUT2D eigenvalue weighted by atomic mass is 16.7. The van der Waals surface area contributed by atoms with Crippen LogP contribution in [0.15, 0.2) is 34.9 Å². The van der Waals surface area contributed by atoms with Crippen LogP contribution in [0.2, 0.25) is 0 Å². The van der Waals surface area contributed by atoms with Gasteiger partial charge in [-0.1, -0.05) is 30.2 Å². The van der Waals surface area contributed by atoms with Gasteiger partial charge >= 0.3 is 5.97 Å². The average molecular weight is 557 g/mol. The number of aliphatic hydroxyl groups excluding tert-OH is 3. The van der Waals surface area contributed by atoms with Gasteiger partial charge in [-0.3, -0.25) is 4.79 Å². The van der Waals surface area contributed by atoms with E-state index in [1.165, 1.54) is 5.57 Å². The zero-order valence-electron chi connectivity index (χ0n) is 23.9. The van der Waals surface area contributed by atoms with E-state index in [-0.39, 0.29) is 48.8 Å². The number of rotatable bonds is 5. The zero-order chi connectivity index (χ0) is 28.4. The van der Waals surface area contributed by atoms with Crippen LogP contribution >= 0.6 is 0 Å². The minimum Gasteiger partial charge on any atom is -0.459 e. The molecule has 40 heavy (non-hydrogen) atoms. The number of carbonyl (C=O) groups is 2. The van der Waals surface area contributed by atoms with Crippen molar-refractivity contribution in [2.75, 3.05) is 13.2 Å². The first-order chi connectivity index (χ1) is 19.0. The molecule has 5 unspecified atom stereocenters. The van der Waals surface area contributed by atoms with Crippen molar-refractivity contribution in [2.45, 2.75) is 103 Å². The van der Waals surface area contributed by atoms with Gasteiger partial charge in [0.2, 0.25) is 0 Å². The van der Waals surface area contributed by atoms with Gasteiger partial charge < -0.3 is 29.5 Å². The first-order valence-electron chi connectivity index (χ1n) is 15.1. The molecule has 0 aromatic heterocycles. The van der Waals surface area contributed by atoms with Gasteiger partial charge in [0, 0.05) is 12.8 Å². The Bertz CT molecular complexity index is 1140. The molecule has 0 radical (unpaired) electrons. The first kappa shape index (κ1) is 28.3. The Morgan fingerprint density at radius 3 is 2.65 bits per heavy atom. The third-order valence-corrected chi connectivity index (χ3v) is 11.7. The van der Waals surface area contributed by atoms with Gasteiger partial charge in [-0.2, -0.15) is 0 Å². The largest absolute Gasteiger partial charge is 0.459 e. The zero-order valence-corrected chi connectivity index (χ0v) is 23.9. The van der Waals surface area contributed by atoms with Crippen LogP contribution in [0.5, 0.6) is 0 Å². The summed E-state index contributed by atoms with van der Waals surface area (Å²) in [5.41, 5.74) is 1.82. The number of ether oxygens (including phenoxy) is 3. The topological polar surface area (TPSA) is 123 Å². The molecule has 2 heterocycles. The summed E-state index contributed by atoms with van der Waals surface area (Å²) in [6.07, 6.45) is 8.68. The van der Waals surface area contributed by atoms with E-state index >= 15 is 0 Å². The first-order valence-corrected chi connectivity index (χ1v) is 15.1. The molecule has 8 heteroatoms. The molecule has 6 aliphatic rings. The summed E-state index contributed by atoms with van der Waals surface area (Å²) in [5, 5.41) is 31.4. The molecule has 0 amide bonds. The molecule has 0 aromatic rings. The summed E-state index contributed by atoms with van der Waals surface area (Å²) in [6, 6.07) is 0. The highest BCUT2D eigenvalue weighted by Crippen LogP contribution is 2.66. The highest BCUT2D eigenvalue weighted by molar-refractivity contribution is 5.98. The van der Waals surface area contributed by atoms with E-state index in [0.29, 0.717) is 36.7 Å². The smallest absolute Gasteiger partial charge is 0.336 e. The van der Waals surface area contributed by atoms with Crippen LogP contribution in [-0.2, 0) is 23.8 Å². The van der Waals surface area contributed by atoms with Gasteiger partial charge in [0.1, 0.15) is 12.2 Å². The van der Waals surface area contributed by atoms with E-state index in [2.05, 4.69) is 19.9 Å². The summed E-state index contributed by atoms with van der Waals surface area (Å²) < 4.78 is 17.0. The van der Waals surface area contributed by atoms with Crippen molar-refractivity contribution >= 4 is 11.8 Å². The normalized spacial score (nSPS) is 46.9. The minimum absolute atomic E-state index is 0.0115. The number of allylic oxidation sites excluding steroid dienone is 4. The molecule has 8 nitrogen and oxygen atoms in total. The standard InChI is InChI=1S/C32H44O8/c1-17-11-21(40-29(37)23(17)16-39-30-26(34)13-20(33)15-38-30)12-19-8-10-24-22-9-7-18-5-4-6-27(35)31(18,2)25(22)14-28(36)32(19,24)3/h4,6-7,19-22,24-26,28,30,33-34,36H,5,8-16H2,1-3H3/t19?,20-,21?,22?,24?,25?,26+,28-,30+,31+,32-/m1/s1. The van der Waals surface area contributed by atoms with Gasteiger partial charge in [0.15, 0.2) is 12.1 Å². The number of cyclic esters (lactones) is 1. The molecule has 6 rings (SSSR count). The van der Waals surface area contributed by atoms with Crippen LogP contribution in [0.25, 0.3) is 0 Å². The third kappa shape index (κ3) is 4.46. The molecule has 4 aliphatic carbocycles. The Labute approximate surface area is 236 Å². The van der Waals surface area contributed by atoms with Crippen LogP contribution in [0.4, 0.5) is 0 Å². The van der Waals surface area contributed by atoms with Crippen molar-refractivity contribution in [1.82, 2.24) is 0 Å². The Kier molecular flexibility index (Phi) is 7.40. The van der Waals surface area contributed by atoms with Crippen molar-refractivity contribution < 1.29 is 39.1 Å². The van der Waals surface area contributed by atoms with Crippen molar-refractivity contribution in [1.29, 1.82) is 0 Å². The number of hydrogen-bond acceptors (Lipinski definition) is 8. The van der Waals surface area contributed by atoms with E-state index in [0.717, 1.165) is 31.3 Å². The van der Waals surface area contributed by atoms with Gasteiger partial charge in [-0.05, 0) is 87.5 Å². The number of esters is 1. The fraction of sp³-hybridized carbons (Fsp3) is 0.750. The maximum absolute atomic E-state index is 13.2. The van der Waals surface area contributed by atoms with Gasteiger partial charge in [0.25, 0.3) is 0 Å². The summed E-state index contributed by atoms with van der Waals surface area (Å²) in [6.45, 7) is 6.34.